The van der Waals surface area contributed by atoms with Crippen LogP contribution in [-0.4, -0.2) is 96.7 Å². The maximum atomic E-state index is 12.1. The molecule has 0 aromatic heterocycles. The van der Waals surface area contributed by atoms with Gasteiger partial charge in [-0.05, 0) is 66.9 Å². The number of rotatable bonds is 21. The number of thiocarbonyl (C=S) groups is 2. The normalized spacial score (nSPS) is 10.3. The molecule has 16 heteroatoms. The molecule has 0 unspecified atom stereocenters. The van der Waals surface area contributed by atoms with Crippen molar-refractivity contribution in [2.24, 2.45) is 4.99 Å². The molecule has 5 N–H and O–H groups in total. The van der Waals surface area contributed by atoms with Crippen molar-refractivity contribution in [3.63, 3.8) is 0 Å². The predicted octanol–water partition coefficient (Wildman–Crippen LogP) is 2.71. The van der Waals surface area contributed by atoms with Crippen LogP contribution in [0.4, 0.5) is 5.69 Å². The number of unbranched alkanes of at least 4 members (excludes halogenated alkanes) is 2. The van der Waals surface area contributed by atoms with Gasteiger partial charge in [0, 0.05) is 58.7 Å². The van der Waals surface area contributed by atoms with Crippen molar-refractivity contribution in [2.45, 2.75) is 71.1 Å². The number of hydrogen-bond acceptors (Lipinski definition) is 11. The van der Waals surface area contributed by atoms with Crippen LogP contribution in [0.1, 0.15) is 70.3 Å². The third kappa shape index (κ3) is 17.5. The molecule has 0 spiro atoms. The Morgan fingerprint density at radius 1 is 0.773 bits per heavy atom. The van der Waals surface area contributed by atoms with E-state index in [1.54, 1.807) is 12.1 Å². The van der Waals surface area contributed by atoms with E-state index in [4.69, 9.17) is 12.2 Å². The van der Waals surface area contributed by atoms with Gasteiger partial charge in [0.15, 0.2) is 0 Å². The van der Waals surface area contributed by atoms with Crippen LogP contribution < -0.4 is 10.6 Å². The minimum absolute atomic E-state index is 0.0407. The summed E-state index contributed by atoms with van der Waals surface area (Å²) in [6.45, 7) is 1.33. The second kappa shape index (κ2) is 21.9. The van der Waals surface area contributed by atoms with E-state index in [1.165, 1.54) is 6.92 Å². The van der Waals surface area contributed by atoms with Gasteiger partial charge in [0.25, 0.3) is 0 Å². The fourth-order valence-electron chi connectivity index (χ4n) is 3.68. The minimum atomic E-state index is -0.777. The van der Waals surface area contributed by atoms with Crippen molar-refractivity contribution in [2.75, 3.05) is 26.3 Å². The van der Waals surface area contributed by atoms with Crippen molar-refractivity contribution in [1.29, 1.82) is 0 Å². The second-order valence-corrected chi connectivity index (χ2v) is 10.6. The lowest BCUT2D eigenvalue weighted by atomic mass is 10.1. The molecule has 0 radical (unpaired) electrons. The summed E-state index contributed by atoms with van der Waals surface area (Å²) in [4.78, 5) is 63.6. The van der Waals surface area contributed by atoms with Gasteiger partial charge in [0.1, 0.15) is 6.67 Å². The SMILES string of the molecule is CC(=O)N(O)CCCCCNC(=O)CCC(=O)N(O)CNC(=O)CCC(=O)N(O)CCCC(=S)Cc1ccc(N=C=S)cc1. The third-order valence-electron chi connectivity index (χ3n) is 6.20. The Morgan fingerprint density at radius 2 is 1.36 bits per heavy atom. The Kier molecular flexibility index (Phi) is 19.1. The topological polar surface area (TPSA) is 192 Å². The zero-order valence-corrected chi connectivity index (χ0v) is 26.3. The Labute approximate surface area is 267 Å². The zero-order valence-electron chi connectivity index (χ0n) is 24.7. The molecule has 0 saturated carbocycles. The number of hydroxylamine groups is 6. The summed E-state index contributed by atoms with van der Waals surface area (Å²) in [5.74, 6) is -2.88. The van der Waals surface area contributed by atoms with Gasteiger partial charge >= 0.3 is 0 Å². The van der Waals surface area contributed by atoms with Gasteiger partial charge in [-0.3, -0.25) is 39.6 Å². The van der Waals surface area contributed by atoms with E-state index in [-0.39, 0.29) is 49.7 Å². The molecule has 44 heavy (non-hydrogen) atoms. The van der Waals surface area contributed by atoms with Crippen molar-refractivity contribution >= 4 is 69.7 Å². The van der Waals surface area contributed by atoms with Gasteiger partial charge < -0.3 is 10.6 Å². The number of nitrogens with one attached hydrogen (secondary N) is 2. The summed E-state index contributed by atoms with van der Waals surface area (Å²) in [6, 6.07) is 7.38. The van der Waals surface area contributed by atoms with Crippen molar-refractivity contribution in [3.8, 4) is 0 Å². The summed E-state index contributed by atoms with van der Waals surface area (Å²) < 4.78 is 0. The predicted molar refractivity (Wildman–Crippen MR) is 166 cm³/mol. The molecular weight excluding hydrogens is 612 g/mol. The lowest BCUT2D eigenvalue weighted by molar-refractivity contribution is -0.169. The highest BCUT2D eigenvalue weighted by atomic mass is 32.1. The minimum Gasteiger partial charge on any atom is -0.356 e. The first kappa shape index (κ1) is 38.4. The third-order valence-corrected chi connectivity index (χ3v) is 6.64. The zero-order chi connectivity index (χ0) is 32.9. The maximum Gasteiger partial charge on any atom is 0.248 e. The number of benzene rings is 1. The molecular formula is C28H40N6O8S2. The average Bonchev–Trinajstić information content (AvgIpc) is 2.99. The molecule has 14 nitrogen and oxygen atoms in total. The highest BCUT2D eigenvalue weighted by molar-refractivity contribution is 7.80. The Bertz CT molecular complexity index is 1180. The average molecular weight is 653 g/mol. The monoisotopic (exact) mass is 652 g/mol. The van der Waals surface area contributed by atoms with Gasteiger partial charge in [0.2, 0.25) is 29.5 Å². The number of carbonyl (C=O) groups is 5. The first-order valence-electron chi connectivity index (χ1n) is 14.1. The smallest absolute Gasteiger partial charge is 0.248 e. The van der Waals surface area contributed by atoms with Gasteiger partial charge in [0.05, 0.1) is 10.8 Å². The van der Waals surface area contributed by atoms with Crippen molar-refractivity contribution in [3.05, 3.63) is 29.8 Å². The van der Waals surface area contributed by atoms with E-state index in [0.29, 0.717) is 60.9 Å². The molecule has 1 aromatic carbocycles. The van der Waals surface area contributed by atoms with Crippen LogP contribution in [0, 0.1) is 0 Å². The van der Waals surface area contributed by atoms with Gasteiger partial charge in [-0.2, -0.15) is 4.99 Å². The molecule has 0 bridgehead atoms. The van der Waals surface area contributed by atoms with Crippen molar-refractivity contribution in [1.82, 2.24) is 25.8 Å². The lowest BCUT2D eigenvalue weighted by Gasteiger charge is -2.17. The summed E-state index contributed by atoms with van der Waals surface area (Å²) >= 11 is 9.96. The lowest BCUT2D eigenvalue weighted by Crippen LogP contribution is -2.40. The summed E-state index contributed by atoms with van der Waals surface area (Å²) in [6.07, 6.45) is 2.37. The highest BCUT2D eigenvalue weighted by Gasteiger charge is 2.16. The number of isothiocyanates is 1. The second-order valence-electron chi connectivity index (χ2n) is 9.81. The van der Waals surface area contributed by atoms with E-state index >= 15 is 0 Å². The summed E-state index contributed by atoms with van der Waals surface area (Å²) in [7, 11) is 0. The number of hydrogen-bond donors (Lipinski definition) is 5. The molecule has 0 heterocycles. The molecule has 0 saturated heterocycles. The number of nitrogens with zero attached hydrogens (tertiary/aromatic N) is 4. The van der Waals surface area contributed by atoms with Gasteiger partial charge in [-0.25, -0.2) is 15.2 Å². The molecule has 242 valence electrons. The summed E-state index contributed by atoms with van der Waals surface area (Å²) in [5.41, 5.74) is 1.69. The Balaban J connectivity index is 2.16. The van der Waals surface area contributed by atoms with Crippen LogP contribution in [0.25, 0.3) is 0 Å². The van der Waals surface area contributed by atoms with E-state index < -0.39 is 30.3 Å². The molecule has 0 atom stereocenters. The van der Waals surface area contributed by atoms with E-state index in [9.17, 15) is 39.6 Å². The van der Waals surface area contributed by atoms with E-state index in [1.807, 2.05) is 12.1 Å². The van der Waals surface area contributed by atoms with Crippen LogP contribution in [-0.2, 0) is 30.4 Å². The first-order valence-corrected chi connectivity index (χ1v) is 14.9. The highest BCUT2D eigenvalue weighted by Crippen LogP contribution is 2.14. The molecule has 1 aromatic rings. The molecule has 0 aliphatic rings. The Hall–Kier alpha value is -3.66. The van der Waals surface area contributed by atoms with Crippen molar-refractivity contribution < 1.29 is 39.6 Å². The van der Waals surface area contributed by atoms with Gasteiger partial charge in [-0.1, -0.05) is 24.4 Å². The van der Waals surface area contributed by atoms with Crippen LogP contribution in [0.3, 0.4) is 0 Å². The van der Waals surface area contributed by atoms with Crippen LogP contribution >= 0.6 is 24.4 Å². The fourth-order valence-corrected chi connectivity index (χ4v) is 4.10. The maximum absolute atomic E-state index is 12.1. The number of aliphatic imine (C=N–C) groups is 1. The standard InChI is InChI=1S/C28H40N6O8S2/c1-21(35)32(40)16-4-2-3-15-29-25(36)11-14-28(39)34(42)19-30-26(37)12-13-27(38)33(41)17-5-6-24(44)18-22-7-9-23(10-8-22)31-20-43/h7-10,40-42H,2-6,11-19H2,1H3,(H,29,36)(H,30,37). The molecule has 0 aliphatic heterocycles. The van der Waals surface area contributed by atoms with Crippen LogP contribution in [0.2, 0.25) is 0 Å². The summed E-state index contributed by atoms with van der Waals surface area (Å²) in [5, 5.41) is 37.7. The molecule has 0 aliphatic carbocycles. The van der Waals surface area contributed by atoms with Crippen LogP contribution in [0.5, 0.6) is 0 Å². The largest absolute Gasteiger partial charge is 0.356 e. The van der Waals surface area contributed by atoms with Gasteiger partial charge in [-0.15, -0.1) is 0 Å². The van der Waals surface area contributed by atoms with E-state index in [2.05, 4.69) is 33.0 Å². The number of amides is 5. The molecule has 0 fully saturated rings. The molecule has 1 rings (SSSR count). The van der Waals surface area contributed by atoms with Crippen LogP contribution in [0.15, 0.2) is 29.3 Å². The number of carbonyl (C=O) groups excluding carboxylic acids is 5. The quantitative estimate of drug-likeness (QED) is 0.0329. The molecule has 5 amide bonds. The fraction of sp³-hybridized carbons (Fsp3) is 0.536. The first-order chi connectivity index (χ1) is 20.9. The Morgan fingerprint density at radius 3 is 1.98 bits per heavy atom. The van der Waals surface area contributed by atoms with E-state index in [0.717, 1.165) is 10.4 Å².